The van der Waals surface area contributed by atoms with Gasteiger partial charge in [-0.15, -0.1) is 0 Å². The Hall–Kier alpha value is -2.93. The molecule has 0 saturated heterocycles. The summed E-state index contributed by atoms with van der Waals surface area (Å²) in [5.41, 5.74) is 0.0476. The molecule has 2 rings (SSSR count). The molecule has 0 saturated carbocycles. The number of nitrogens with zero attached hydrogens (tertiary/aromatic N) is 1. The minimum atomic E-state index is -1.27. The van der Waals surface area contributed by atoms with Gasteiger partial charge in [0.05, 0.1) is 13.7 Å². The molecule has 1 aliphatic rings. The third-order valence-corrected chi connectivity index (χ3v) is 4.99. The Kier molecular flexibility index (Phi) is 6.41. The zero-order valence-corrected chi connectivity index (χ0v) is 16.8. The van der Waals surface area contributed by atoms with E-state index in [2.05, 4.69) is 0 Å². The Morgan fingerprint density at radius 3 is 2.64 bits per heavy atom. The molecule has 1 aliphatic carbocycles. The summed E-state index contributed by atoms with van der Waals surface area (Å²) >= 11 is 0. The molecule has 1 aromatic rings. The van der Waals surface area contributed by atoms with Crippen LogP contribution in [-0.2, 0) is 9.47 Å². The maximum absolute atomic E-state index is 12.3. The largest absolute Gasteiger partial charge is 0.494 e. The molecule has 0 aromatic carbocycles. The summed E-state index contributed by atoms with van der Waals surface area (Å²) in [5, 5.41) is 17.6. The fraction of sp³-hybridized carbons (Fsp3) is 0.381. The molecule has 1 aromatic heterocycles. The number of methoxy groups -OCH3 is 2. The maximum Gasteiger partial charge on any atom is 0.341 e. The molecule has 7 nitrogen and oxygen atoms in total. The van der Waals surface area contributed by atoms with Gasteiger partial charge >= 0.3 is 5.97 Å². The van der Waals surface area contributed by atoms with E-state index in [1.54, 1.807) is 36.0 Å². The van der Waals surface area contributed by atoms with Gasteiger partial charge in [0.1, 0.15) is 17.0 Å². The molecule has 0 spiro atoms. The molecule has 0 unspecified atom stereocenters. The topological polar surface area (TPSA) is 102 Å². The van der Waals surface area contributed by atoms with Crippen LogP contribution in [0.2, 0.25) is 0 Å². The lowest BCUT2D eigenvalue weighted by Gasteiger charge is -2.34. The summed E-state index contributed by atoms with van der Waals surface area (Å²) in [6.45, 7) is 6.40. The van der Waals surface area contributed by atoms with Gasteiger partial charge in [0.25, 0.3) is 0 Å². The van der Waals surface area contributed by atoms with Crippen molar-refractivity contribution in [3.63, 3.8) is 0 Å². The van der Waals surface area contributed by atoms with Gasteiger partial charge < -0.3 is 19.1 Å². The highest BCUT2D eigenvalue weighted by Crippen LogP contribution is 2.32. The molecule has 28 heavy (non-hydrogen) atoms. The van der Waals surface area contributed by atoms with E-state index in [1.165, 1.54) is 19.4 Å². The van der Waals surface area contributed by atoms with E-state index < -0.39 is 11.4 Å². The molecule has 1 atom stereocenters. The van der Waals surface area contributed by atoms with E-state index >= 15 is 0 Å². The first-order valence-electron chi connectivity index (χ1n) is 8.84. The second kappa shape index (κ2) is 8.39. The van der Waals surface area contributed by atoms with Gasteiger partial charge in [-0.3, -0.25) is 10.2 Å². The van der Waals surface area contributed by atoms with Crippen LogP contribution in [0.3, 0.4) is 0 Å². The first-order chi connectivity index (χ1) is 13.1. The van der Waals surface area contributed by atoms with Crippen molar-refractivity contribution in [2.75, 3.05) is 20.8 Å². The molecular formula is C21H26N2O5. The van der Waals surface area contributed by atoms with E-state index in [-0.39, 0.29) is 22.7 Å². The van der Waals surface area contributed by atoms with Crippen molar-refractivity contribution >= 4 is 17.8 Å². The smallest absolute Gasteiger partial charge is 0.341 e. The predicted octanol–water partition coefficient (Wildman–Crippen LogP) is 3.28. The van der Waals surface area contributed by atoms with Crippen LogP contribution in [0.1, 0.15) is 42.9 Å². The second-order valence-electron chi connectivity index (χ2n) is 7.36. The lowest BCUT2D eigenvalue weighted by molar-refractivity contribution is 0.0666. The van der Waals surface area contributed by atoms with Crippen LogP contribution in [0, 0.1) is 10.8 Å². The first-order valence-corrected chi connectivity index (χ1v) is 8.84. The summed E-state index contributed by atoms with van der Waals surface area (Å²) in [6.07, 6.45) is 8.25. The van der Waals surface area contributed by atoms with Crippen LogP contribution in [0.15, 0.2) is 46.6 Å². The van der Waals surface area contributed by atoms with Gasteiger partial charge in [-0.25, -0.2) is 4.79 Å². The normalized spacial score (nSPS) is 16.8. The maximum atomic E-state index is 12.3. The van der Waals surface area contributed by atoms with Crippen LogP contribution >= 0.6 is 0 Å². The lowest BCUT2D eigenvalue weighted by atomic mass is 9.85. The Balaban J connectivity index is 2.65. The Labute approximate surface area is 164 Å². The minimum Gasteiger partial charge on any atom is -0.494 e. The summed E-state index contributed by atoms with van der Waals surface area (Å²) in [5.74, 6) is -0.859. The van der Waals surface area contributed by atoms with Crippen LogP contribution < -0.4 is 5.43 Å². The highest BCUT2D eigenvalue weighted by atomic mass is 16.5. The molecular weight excluding hydrogens is 360 g/mol. The average molecular weight is 386 g/mol. The zero-order chi connectivity index (χ0) is 21.1. The first kappa shape index (κ1) is 21.4. The number of carboxylic acid groups (broad SMARTS) is 1. The van der Waals surface area contributed by atoms with Crippen LogP contribution in [0.5, 0.6) is 0 Å². The summed E-state index contributed by atoms with van der Waals surface area (Å²) in [4.78, 5) is 23.8. The molecule has 0 bridgehead atoms. The van der Waals surface area contributed by atoms with Gasteiger partial charge in [0.15, 0.2) is 5.43 Å². The van der Waals surface area contributed by atoms with Crippen molar-refractivity contribution < 1.29 is 19.4 Å². The number of carboxylic acids is 1. The molecule has 1 heterocycles. The number of nitrogens with one attached hydrogen (secondary N) is 1. The Bertz CT molecular complexity index is 935. The van der Waals surface area contributed by atoms with E-state index in [0.717, 1.165) is 0 Å². The molecule has 150 valence electrons. The predicted molar refractivity (Wildman–Crippen MR) is 108 cm³/mol. The van der Waals surface area contributed by atoms with Crippen LogP contribution in [0.25, 0.3) is 6.08 Å². The fourth-order valence-electron chi connectivity index (χ4n) is 3.04. The van der Waals surface area contributed by atoms with Crippen molar-refractivity contribution in [2.45, 2.75) is 26.8 Å². The molecule has 0 amide bonds. The third-order valence-electron chi connectivity index (χ3n) is 4.99. The zero-order valence-electron chi connectivity index (χ0n) is 16.8. The highest BCUT2D eigenvalue weighted by Gasteiger charge is 2.29. The SMILES string of the molecule is COCC(C)(C)[C@@H](C)n1cc(C(=O)O)c(=O)cc1/C=C1\C=CC=C(OC)C1=N. The minimum absolute atomic E-state index is 0.183. The van der Waals surface area contributed by atoms with Crippen molar-refractivity contribution in [2.24, 2.45) is 5.41 Å². The molecule has 0 fully saturated rings. The number of aromatic carboxylic acids is 1. The summed E-state index contributed by atoms with van der Waals surface area (Å²) < 4.78 is 12.3. The number of hydrogen-bond acceptors (Lipinski definition) is 5. The number of pyridine rings is 1. The number of rotatable bonds is 7. The van der Waals surface area contributed by atoms with Gasteiger partial charge in [0, 0.05) is 42.1 Å². The number of allylic oxidation sites excluding steroid dienone is 4. The van der Waals surface area contributed by atoms with Crippen molar-refractivity contribution in [1.29, 1.82) is 5.41 Å². The number of ether oxygens (including phenoxy) is 2. The van der Waals surface area contributed by atoms with Crippen molar-refractivity contribution in [3.8, 4) is 0 Å². The monoisotopic (exact) mass is 386 g/mol. The highest BCUT2D eigenvalue weighted by molar-refractivity contribution is 6.14. The second-order valence-corrected chi connectivity index (χ2v) is 7.36. The van der Waals surface area contributed by atoms with E-state index in [1.807, 2.05) is 20.8 Å². The Morgan fingerprint density at radius 1 is 1.39 bits per heavy atom. The van der Waals surface area contributed by atoms with Crippen LogP contribution in [-0.4, -0.2) is 42.2 Å². The van der Waals surface area contributed by atoms with Crippen molar-refractivity contribution in [1.82, 2.24) is 4.57 Å². The number of carbonyl (C=O) groups is 1. The van der Waals surface area contributed by atoms with E-state index in [0.29, 0.717) is 23.6 Å². The number of hydrogen-bond donors (Lipinski definition) is 2. The summed E-state index contributed by atoms with van der Waals surface area (Å²) in [6, 6.07) is 1.11. The molecule has 7 heteroatoms. The third kappa shape index (κ3) is 4.31. The average Bonchev–Trinajstić information content (AvgIpc) is 2.62. The van der Waals surface area contributed by atoms with E-state index in [4.69, 9.17) is 14.9 Å². The quantitative estimate of drug-likeness (QED) is 0.749. The standard InChI is InChI=1S/C21H26N2O5/c1-13(21(2,3)12-27-4)23-11-16(20(25)26)17(24)10-15(23)9-14-7-6-8-18(28-5)19(14)22/h6-11,13,22H,12H2,1-5H3,(H,25,26)/b14-9+,22-19?/t13-/m1/s1. The lowest BCUT2D eigenvalue weighted by Crippen LogP contribution is -2.32. The number of aromatic nitrogens is 1. The van der Waals surface area contributed by atoms with Gasteiger partial charge in [-0.2, -0.15) is 0 Å². The molecule has 2 N–H and O–H groups in total. The Morgan fingerprint density at radius 2 is 2.07 bits per heavy atom. The molecule has 0 radical (unpaired) electrons. The van der Waals surface area contributed by atoms with E-state index in [9.17, 15) is 14.7 Å². The van der Waals surface area contributed by atoms with Gasteiger partial charge in [-0.1, -0.05) is 26.0 Å². The van der Waals surface area contributed by atoms with Crippen molar-refractivity contribution in [3.05, 3.63) is 63.3 Å². The fourth-order valence-corrected chi connectivity index (χ4v) is 3.04. The molecule has 0 aliphatic heterocycles. The summed E-state index contributed by atoms with van der Waals surface area (Å²) in [7, 11) is 3.10. The van der Waals surface area contributed by atoms with Crippen LogP contribution in [0.4, 0.5) is 0 Å². The van der Waals surface area contributed by atoms with Gasteiger partial charge in [-0.05, 0) is 19.1 Å². The van der Waals surface area contributed by atoms with Gasteiger partial charge in [0.2, 0.25) is 0 Å².